The number of hydrogen-bond acceptors (Lipinski definition) is 6. The van der Waals surface area contributed by atoms with Gasteiger partial charge in [-0.1, -0.05) is 42.5 Å². The third-order valence-corrected chi connectivity index (χ3v) is 7.22. The average molecular weight is 591 g/mol. The van der Waals surface area contributed by atoms with Crippen molar-refractivity contribution in [2.45, 2.75) is 58.6 Å². The molecule has 222 valence electrons. The number of piperidine rings is 1. The van der Waals surface area contributed by atoms with Gasteiger partial charge in [0, 0.05) is 30.8 Å². The number of carbonyl (C=O) groups is 3. The molecule has 4 rings (SSSR count). The van der Waals surface area contributed by atoms with Crippen molar-refractivity contribution in [3.63, 3.8) is 0 Å². The Kier molecular flexibility index (Phi) is 10.0. The molecule has 0 aliphatic carbocycles. The molecule has 2 amide bonds. The maximum absolute atomic E-state index is 13.0. The number of rotatable bonds is 7. The highest BCUT2D eigenvalue weighted by molar-refractivity contribution is 7.80. The summed E-state index contributed by atoms with van der Waals surface area (Å²) in [6.45, 7) is 8.98. The van der Waals surface area contributed by atoms with Crippen molar-refractivity contribution in [3.8, 4) is 0 Å². The van der Waals surface area contributed by atoms with E-state index in [-0.39, 0.29) is 41.9 Å². The van der Waals surface area contributed by atoms with E-state index in [1.54, 1.807) is 53.3 Å². The third-order valence-electron chi connectivity index (χ3n) is 6.89. The summed E-state index contributed by atoms with van der Waals surface area (Å²) in [5.41, 5.74) is 2.64. The smallest absolute Gasteiger partial charge is 0.410 e. The number of aromatic nitrogens is 1. The van der Waals surface area contributed by atoms with Gasteiger partial charge in [0.05, 0.1) is 18.8 Å². The maximum Gasteiger partial charge on any atom is 0.410 e. The summed E-state index contributed by atoms with van der Waals surface area (Å²) in [4.78, 5) is 45.2. The number of H-pyrrole nitrogens is 1. The Morgan fingerprint density at radius 2 is 1.79 bits per heavy atom. The van der Waals surface area contributed by atoms with E-state index >= 15 is 0 Å². The van der Waals surface area contributed by atoms with Crippen molar-refractivity contribution in [1.82, 2.24) is 15.2 Å². The van der Waals surface area contributed by atoms with Crippen molar-refractivity contribution in [3.05, 3.63) is 89.2 Å². The topological polar surface area (TPSA) is 104 Å². The molecular weight excluding hydrogens is 552 g/mol. The van der Waals surface area contributed by atoms with Crippen molar-refractivity contribution >= 4 is 41.0 Å². The van der Waals surface area contributed by atoms with Crippen molar-refractivity contribution < 1.29 is 23.9 Å². The molecular formula is C32H38N4O5S. The van der Waals surface area contributed by atoms with Crippen LogP contribution in [0.2, 0.25) is 0 Å². The molecule has 1 atom stereocenters. The second-order valence-electron chi connectivity index (χ2n) is 11.1. The minimum Gasteiger partial charge on any atom is -0.461 e. The molecule has 2 aromatic carbocycles. The lowest BCUT2D eigenvalue weighted by Crippen LogP contribution is -2.44. The molecule has 0 radical (unpaired) electrons. The van der Waals surface area contributed by atoms with Crippen LogP contribution < -0.4 is 10.2 Å². The van der Waals surface area contributed by atoms with Gasteiger partial charge in [0.1, 0.15) is 11.3 Å². The fourth-order valence-electron chi connectivity index (χ4n) is 5.02. The highest BCUT2D eigenvalue weighted by Gasteiger charge is 2.30. The number of esters is 1. The molecule has 42 heavy (non-hydrogen) atoms. The minimum absolute atomic E-state index is 0.0764. The fraction of sp³-hybridized carbons (Fsp3) is 0.375. The molecule has 1 fully saturated rings. The van der Waals surface area contributed by atoms with E-state index in [1.807, 2.05) is 45.0 Å². The summed E-state index contributed by atoms with van der Waals surface area (Å²) in [5, 5.41) is 2.97. The van der Waals surface area contributed by atoms with Crippen LogP contribution in [0, 0.1) is 0 Å². The molecule has 2 heterocycles. The van der Waals surface area contributed by atoms with E-state index in [0.717, 1.165) is 24.0 Å². The van der Waals surface area contributed by atoms with Crippen molar-refractivity contribution in [2.24, 2.45) is 0 Å². The molecule has 0 bridgehead atoms. The standard InChI is InChI=1S/C32H38N4O5S/c1-5-40-29(38)27-26(17-18-33-27)36(30(42)34-28(37)22-12-7-6-8-13-22)21-24-14-9-10-16-25(24)23-15-11-19-35(20-23)31(39)41-32(2,3)4/h6-10,12-14,16-18,23,33H,5,11,15,19-21H2,1-4H3,(H,34,37,42). The van der Waals surface area contributed by atoms with Crippen LogP contribution in [0.3, 0.4) is 0 Å². The number of amides is 2. The quantitative estimate of drug-likeness (QED) is 0.256. The van der Waals surface area contributed by atoms with Crippen LogP contribution in [0.25, 0.3) is 0 Å². The van der Waals surface area contributed by atoms with E-state index in [2.05, 4.69) is 16.4 Å². The Labute approximate surface area is 252 Å². The molecule has 1 unspecified atom stereocenters. The molecule has 1 aromatic heterocycles. The summed E-state index contributed by atoms with van der Waals surface area (Å²) in [7, 11) is 0. The predicted molar refractivity (Wildman–Crippen MR) is 166 cm³/mol. The number of ether oxygens (including phenoxy) is 2. The second kappa shape index (κ2) is 13.7. The first-order valence-electron chi connectivity index (χ1n) is 14.2. The van der Waals surface area contributed by atoms with E-state index < -0.39 is 11.6 Å². The second-order valence-corrected chi connectivity index (χ2v) is 11.5. The summed E-state index contributed by atoms with van der Waals surface area (Å²) in [5.74, 6) is -0.798. The first kappa shape index (κ1) is 30.8. The number of nitrogens with zero attached hydrogens (tertiary/aromatic N) is 2. The Balaban J connectivity index is 1.64. The van der Waals surface area contributed by atoms with Gasteiger partial charge >= 0.3 is 12.1 Å². The largest absolute Gasteiger partial charge is 0.461 e. The monoisotopic (exact) mass is 590 g/mol. The highest BCUT2D eigenvalue weighted by Crippen LogP contribution is 2.32. The fourth-order valence-corrected chi connectivity index (χ4v) is 5.27. The van der Waals surface area contributed by atoms with Gasteiger partial charge in [0.2, 0.25) is 0 Å². The van der Waals surface area contributed by atoms with Gasteiger partial charge in [0.25, 0.3) is 5.91 Å². The minimum atomic E-state index is -0.574. The van der Waals surface area contributed by atoms with Crippen LogP contribution in [0.1, 0.15) is 78.4 Å². The van der Waals surface area contributed by atoms with Crippen LogP contribution in [-0.4, -0.2) is 58.3 Å². The van der Waals surface area contributed by atoms with Crippen LogP contribution in [0.5, 0.6) is 0 Å². The predicted octanol–water partition coefficient (Wildman–Crippen LogP) is 6.03. The first-order valence-corrected chi connectivity index (χ1v) is 14.6. The van der Waals surface area contributed by atoms with E-state index in [9.17, 15) is 14.4 Å². The van der Waals surface area contributed by atoms with E-state index in [0.29, 0.717) is 24.3 Å². The molecule has 9 nitrogen and oxygen atoms in total. The summed E-state index contributed by atoms with van der Waals surface area (Å²) in [6, 6.07) is 18.5. The van der Waals surface area contributed by atoms with Gasteiger partial charge in [0.15, 0.2) is 5.11 Å². The van der Waals surface area contributed by atoms with Crippen LogP contribution in [0.15, 0.2) is 66.9 Å². The number of nitrogens with one attached hydrogen (secondary N) is 2. The van der Waals surface area contributed by atoms with Gasteiger partial charge in [-0.3, -0.25) is 10.1 Å². The number of likely N-dealkylation sites (tertiary alicyclic amines) is 1. The lowest BCUT2D eigenvalue weighted by atomic mass is 9.87. The molecule has 2 N–H and O–H groups in total. The van der Waals surface area contributed by atoms with E-state index in [4.69, 9.17) is 21.7 Å². The summed E-state index contributed by atoms with van der Waals surface area (Å²) < 4.78 is 10.9. The summed E-state index contributed by atoms with van der Waals surface area (Å²) in [6.07, 6.45) is 3.08. The number of anilines is 1. The lowest BCUT2D eigenvalue weighted by Gasteiger charge is -2.35. The molecule has 0 saturated carbocycles. The SMILES string of the molecule is CCOC(=O)c1[nH]ccc1N(Cc1ccccc1C1CCCN(C(=O)OC(C)(C)C)C1)C(=S)NC(=O)c1ccccc1. The summed E-state index contributed by atoms with van der Waals surface area (Å²) >= 11 is 5.77. The van der Waals surface area contributed by atoms with Crippen molar-refractivity contribution in [1.29, 1.82) is 0 Å². The van der Waals surface area contributed by atoms with Gasteiger partial charge in [-0.15, -0.1) is 0 Å². The number of carbonyl (C=O) groups excluding carboxylic acids is 3. The zero-order valence-corrected chi connectivity index (χ0v) is 25.3. The van der Waals surface area contributed by atoms with Crippen molar-refractivity contribution in [2.75, 3.05) is 24.6 Å². The van der Waals surface area contributed by atoms with Crippen LogP contribution >= 0.6 is 12.2 Å². The number of hydrogen-bond donors (Lipinski definition) is 2. The Bertz CT molecular complexity index is 1420. The zero-order chi connectivity index (χ0) is 30.3. The number of thiocarbonyl (C=S) groups is 1. The number of aromatic amines is 1. The molecule has 10 heteroatoms. The number of benzene rings is 2. The first-order chi connectivity index (χ1) is 20.1. The molecule has 1 aliphatic rings. The van der Waals surface area contributed by atoms with Crippen LogP contribution in [-0.2, 0) is 16.0 Å². The van der Waals surface area contributed by atoms with E-state index in [1.165, 1.54) is 0 Å². The highest BCUT2D eigenvalue weighted by atomic mass is 32.1. The Hall–Kier alpha value is -4.18. The van der Waals surface area contributed by atoms with Gasteiger partial charge < -0.3 is 24.3 Å². The van der Waals surface area contributed by atoms with Gasteiger partial charge in [-0.05, 0) is 82.1 Å². The molecule has 1 aliphatic heterocycles. The Morgan fingerprint density at radius 3 is 2.50 bits per heavy atom. The maximum atomic E-state index is 13.0. The Morgan fingerprint density at radius 1 is 1.07 bits per heavy atom. The molecule has 3 aromatic rings. The lowest BCUT2D eigenvalue weighted by molar-refractivity contribution is 0.0197. The van der Waals surface area contributed by atoms with Gasteiger partial charge in [-0.25, -0.2) is 9.59 Å². The average Bonchev–Trinajstić information content (AvgIpc) is 3.45. The zero-order valence-electron chi connectivity index (χ0n) is 24.5. The molecule has 1 saturated heterocycles. The third kappa shape index (κ3) is 7.76. The van der Waals surface area contributed by atoms with Gasteiger partial charge in [-0.2, -0.15) is 0 Å². The van der Waals surface area contributed by atoms with Crippen LogP contribution in [0.4, 0.5) is 10.5 Å². The molecule has 0 spiro atoms. The normalized spacial score (nSPS) is 15.0.